The minimum Gasteiger partial charge on any atom is -0.369 e. The van der Waals surface area contributed by atoms with E-state index in [2.05, 4.69) is 20.0 Å². The summed E-state index contributed by atoms with van der Waals surface area (Å²) >= 11 is 6.06. The van der Waals surface area contributed by atoms with Crippen molar-refractivity contribution in [3.63, 3.8) is 0 Å². The summed E-state index contributed by atoms with van der Waals surface area (Å²) in [5.74, 6) is 0.403. The Kier molecular flexibility index (Phi) is 5.20. The van der Waals surface area contributed by atoms with E-state index in [1.807, 2.05) is 0 Å². The number of nitrogens with one attached hydrogen (secondary N) is 1. The van der Waals surface area contributed by atoms with Gasteiger partial charge in [-0.15, -0.1) is 0 Å². The number of carbonyl (C=O) groups is 1. The molecular formula is C16H23ClN4O2. The van der Waals surface area contributed by atoms with Crippen molar-refractivity contribution in [1.29, 1.82) is 0 Å². The summed E-state index contributed by atoms with van der Waals surface area (Å²) in [6.45, 7) is 3.27. The first-order valence-electron chi connectivity index (χ1n) is 8.44. The van der Waals surface area contributed by atoms with Gasteiger partial charge in [0, 0.05) is 32.1 Å². The van der Waals surface area contributed by atoms with Gasteiger partial charge in [-0.1, -0.05) is 24.4 Å². The first-order valence-corrected chi connectivity index (χ1v) is 8.81. The van der Waals surface area contributed by atoms with Gasteiger partial charge in [0.1, 0.15) is 5.02 Å². The Morgan fingerprint density at radius 1 is 1.13 bits per heavy atom. The number of piperidine rings is 1. The topological polar surface area (TPSA) is 69.3 Å². The molecule has 1 aromatic rings. The zero-order valence-corrected chi connectivity index (χ0v) is 14.0. The Balaban J connectivity index is 1.60. The van der Waals surface area contributed by atoms with Gasteiger partial charge in [-0.3, -0.25) is 9.59 Å². The molecule has 2 aliphatic rings. The molecule has 2 aliphatic heterocycles. The van der Waals surface area contributed by atoms with Crippen LogP contribution in [0.1, 0.15) is 38.5 Å². The van der Waals surface area contributed by atoms with Gasteiger partial charge in [0.05, 0.1) is 11.9 Å². The highest BCUT2D eigenvalue weighted by Crippen LogP contribution is 2.27. The van der Waals surface area contributed by atoms with Crippen LogP contribution in [0.15, 0.2) is 11.0 Å². The van der Waals surface area contributed by atoms with Gasteiger partial charge in [-0.05, 0) is 25.7 Å². The molecule has 0 aliphatic carbocycles. The number of aromatic nitrogens is 2. The summed E-state index contributed by atoms with van der Waals surface area (Å²) in [6, 6.07) is 0. The molecule has 1 aromatic heterocycles. The number of hydrogen-bond donors (Lipinski definition) is 1. The number of rotatable bonds is 2. The molecule has 2 fully saturated rings. The fraction of sp³-hybridized carbons (Fsp3) is 0.688. The zero-order valence-electron chi connectivity index (χ0n) is 13.3. The number of hydrogen-bond acceptors (Lipinski definition) is 4. The monoisotopic (exact) mass is 338 g/mol. The molecule has 0 saturated carbocycles. The molecule has 0 unspecified atom stereocenters. The summed E-state index contributed by atoms with van der Waals surface area (Å²) in [7, 11) is 0. The average molecular weight is 339 g/mol. The van der Waals surface area contributed by atoms with Crippen LogP contribution in [-0.4, -0.2) is 47.2 Å². The second kappa shape index (κ2) is 7.34. The quantitative estimate of drug-likeness (QED) is 0.896. The average Bonchev–Trinajstić information content (AvgIpc) is 2.86. The third-order valence-corrected chi connectivity index (χ3v) is 5.25. The van der Waals surface area contributed by atoms with E-state index in [9.17, 15) is 9.59 Å². The Morgan fingerprint density at radius 2 is 1.78 bits per heavy atom. The maximum absolute atomic E-state index is 12.7. The normalized spacial score (nSPS) is 20.4. The maximum Gasteiger partial charge on any atom is 0.285 e. The van der Waals surface area contributed by atoms with Crippen LogP contribution in [0, 0.1) is 5.92 Å². The molecule has 3 heterocycles. The SMILES string of the molecule is O=C(C1CCN(c2cn[nH]c(=O)c2Cl)CC1)N1CCCCCC1. The van der Waals surface area contributed by atoms with Crippen LogP contribution < -0.4 is 10.5 Å². The highest BCUT2D eigenvalue weighted by Gasteiger charge is 2.29. The molecule has 3 rings (SSSR count). The van der Waals surface area contributed by atoms with Gasteiger partial charge >= 0.3 is 0 Å². The predicted octanol–water partition coefficient (Wildman–Crippen LogP) is 2.04. The fourth-order valence-electron chi connectivity index (χ4n) is 3.51. The van der Waals surface area contributed by atoms with Gasteiger partial charge in [-0.25, -0.2) is 5.10 Å². The summed E-state index contributed by atoms with van der Waals surface area (Å²) in [5.41, 5.74) is 0.294. The van der Waals surface area contributed by atoms with E-state index in [-0.39, 0.29) is 16.5 Å². The highest BCUT2D eigenvalue weighted by molar-refractivity contribution is 6.33. The van der Waals surface area contributed by atoms with E-state index in [0.29, 0.717) is 11.6 Å². The molecule has 0 radical (unpaired) electrons. The summed E-state index contributed by atoms with van der Waals surface area (Å²) in [6.07, 6.45) is 7.90. The smallest absolute Gasteiger partial charge is 0.285 e. The van der Waals surface area contributed by atoms with Crippen LogP contribution >= 0.6 is 11.6 Å². The van der Waals surface area contributed by atoms with E-state index >= 15 is 0 Å². The first kappa shape index (κ1) is 16.3. The molecular weight excluding hydrogens is 316 g/mol. The number of likely N-dealkylation sites (tertiary alicyclic amines) is 1. The lowest BCUT2D eigenvalue weighted by molar-refractivity contribution is -0.136. The standard InChI is InChI=1S/C16H23ClN4O2/c17-14-13(11-18-19-15(14)22)20-9-5-12(6-10-20)16(23)21-7-3-1-2-4-8-21/h11-12H,1-10H2,(H,19,22). The molecule has 0 atom stereocenters. The third kappa shape index (κ3) is 3.68. The number of halogens is 1. The number of anilines is 1. The van der Waals surface area contributed by atoms with Gasteiger partial charge < -0.3 is 9.80 Å². The van der Waals surface area contributed by atoms with Gasteiger partial charge in [0.25, 0.3) is 5.56 Å². The van der Waals surface area contributed by atoms with Crippen LogP contribution in [0.3, 0.4) is 0 Å². The lowest BCUT2D eigenvalue weighted by Crippen LogP contribution is -2.43. The van der Waals surface area contributed by atoms with Crippen molar-refractivity contribution in [3.05, 3.63) is 21.6 Å². The van der Waals surface area contributed by atoms with Crippen molar-refractivity contribution in [2.75, 3.05) is 31.1 Å². The highest BCUT2D eigenvalue weighted by atomic mass is 35.5. The van der Waals surface area contributed by atoms with Gasteiger partial charge in [0.15, 0.2) is 0 Å². The van der Waals surface area contributed by atoms with Crippen LogP contribution in [-0.2, 0) is 4.79 Å². The van der Waals surface area contributed by atoms with Crippen molar-refractivity contribution >= 4 is 23.2 Å². The first-order chi connectivity index (χ1) is 11.2. The Labute approximate surface area is 140 Å². The Morgan fingerprint density at radius 3 is 2.43 bits per heavy atom. The summed E-state index contributed by atoms with van der Waals surface area (Å²) in [4.78, 5) is 28.3. The van der Waals surface area contributed by atoms with Crippen molar-refractivity contribution in [2.45, 2.75) is 38.5 Å². The minimum absolute atomic E-state index is 0.0954. The fourth-order valence-corrected chi connectivity index (χ4v) is 3.72. The molecule has 23 heavy (non-hydrogen) atoms. The van der Waals surface area contributed by atoms with Crippen molar-refractivity contribution < 1.29 is 4.79 Å². The van der Waals surface area contributed by atoms with Crippen LogP contribution in [0.25, 0.3) is 0 Å². The van der Waals surface area contributed by atoms with E-state index in [0.717, 1.165) is 51.9 Å². The zero-order chi connectivity index (χ0) is 16.2. The van der Waals surface area contributed by atoms with Crippen molar-refractivity contribution in [1.82, 2.24) is 15.1 Å². The molecule has 126 valence electrons. The molecule has 0 spiro atoms. The van der Waals surface area contributed by atoms with E-state index < -0.39 is 0 Å². The number of aromatic amines is 1. The maximum atomic E-state index is 12.7. The largest absolute Gasteiger partial charge is 0.369 e. The molecule has 0 bridgehead atoms. The van der Waals surface area contributed by atoms with Gasteiger partial charge in [-0.2, -0.15) is 5.10 Å². The van der Waals surface area contributed by atoms with E-state index in [4.69, 9.17) is 11.6 Å². The number of carbonyl (C=O) groups excluding carboxylic acids is 1. The second-order valence-electron chi connectivity index (χ2n) is 6.40. The van der Waals surface area contributed by atoms with E-state index in [1.165, 1.54) is 12.8 Å². The Hall–Kier alpha value is -1.56. The minimum atomic E-state index is -0.369. The molecule has 1 N–H and O–H groups in total. The van der Waals surface area contributed by atoms with Crippen molar-refractivity contribution in [2.24, 2.45) is 5.92 Å². The van der Waals surface area contributed by atoms with E-state index in [1.54, 1.807) is 6.20 Å². The second-order valence-corrected chi connectivity index (χ2v) is 6.78. The Bertz CT molecular complexity index is 602. The molecule has 2 saturated heterocycles. The number of nitrogens with zero attached hydrogens (tertiary/aromatic N) is 3. The lowest BCUT2D eigenvalue weighted by atomic mass is 9.95. The molecule has 1 amide bonds. The van der Waals surface area contributed by atoms with Crippen LogP contribution in [0.2, 0.25) is 5.02 Å². The van der Waals surface area contributed by atoms with Crippen molar-refractivity contribution in [3.8, 4) is 0 Å². The van der Waals surface area contributed by atoms with Crippen LogP contribution in [0.4, 0.5) is 5.69 Å². The predicted molar refractivity (Wildman–Crippen MR) is 89.9 cm³/mol. The summed E-state index contributed by atoms with van der Waals surface area (Å²) in [5, 5.41) is 6.33. The van der Waals surface area contributed by atoms with Crippen LogP contribution in [0.5, 0.6) is 0 Å². The lowest BCUT2D eigenvalue weighted by Gasteiger charge is -2.35. The number of H-pyrrole nitrogens is 1. The summed E-state index contributed by atoms with van der Waals surface area (Å²) < 4.78 is 0. The molecule has 0 aromatic carbocycles. The van der Waals surface area contributed by atoms with Gasteiger partial charge in [0.2, 0.25) is 5.91 Å². The third-order valence-electron chi connectivity index (χ3n) is 4.88. The molecule has 6 nitrogen and oxygen atoms in total. The molecule has 7 heteroatoms. The number of amides is 1.